The number of aromatic nitrogens is 1. The molecule has 0 aliphatic heterocycles. The Morgan fingerprint density at radius 3 is 3.00 bits per heavy atom. The molecule has 2 aromatic rings. The quantitative estimate of drug-likeness (QED) is 0.670. The highest BCUT2D eigenvalue weighted by Gasteiger charge is 2.02. The molecule has 78 valence electrons. The highest BCUT2D eigenvalue weighted by atomic mass is 19.1. The molecule has 2 rings (SSSR count). The molecule has 2 N–H and O–H groups in total. The van der Waals surface area contributed by atoms with Gasteiger partial charge in [0.25, 0.3) is 5.91 Å². The van der Waals surface area contributed by atoms with Crippen LogP contribution in [0.1, 0.15) is 5.56 Å². The lowest BCUT2D eigenvalue weighted by molar-refractivity contribution is -0.112. The average molecular weight is 214 g/mol. The van der Waals surface area contributed by atoms with E-state index in [0.29, 0.717) is 5.52 Å². The van der Waals surface area contributed by atoms with E-state index >= 15 is 0 Å². The third kappa shape index (κ3) is 1.98. The maximum Gasteiger partial charge on any atom is 0.293 e. The summed E-state index contributed by atoms with van der Waals surface area (Å²) in [5.74, 6) is 3.17. The Hall–Kier alpha value is -2.41. The van der Waals surface area contributed by atoms with Crippen molar-refractivity contribution in [2.75, 3.05) is 0 Å². The molecule has 1 heterocycles. The number of halogens is 1. The standard InChI is InChI=1S/C12H7FN2O/c13-10-7-11-9(2-1-5-15-11)6-8(10)3-4-12(14)16/h1-2,5-7H,(H2,14,16). The molecule has 0 aliphatic rings. The summed E-state index contributed by atoms with van der Waals surface area (Å²) in [6, 6.07) is 6.34. The summed E-state index contributed by atoms with van der Waals surface area (Å²) < 4.78 is 13.5. The van der Waals surface area contributed by atoms with Gasteiger partial charge in [0, 0.05) is 23.6 Å². The van der Waals surface area contributed by atoms with E-state index in [1.165, 1.54) is 12.1 Å². The number of fused-ring (bicyclic) bond motifs is 1. The molecule has 0 radical (unpaired) electrons. The van der Waals surface area contributed by atoms with Crippen molar-refractivity contribution < 1.29 is 9.18 Å². The van der Waals surface area contributed by atoms with Gasteiger partial charge >= 0.3 is 0 Å². The highest BCUT2D eigenvalue weighted by Crippen LogP contribution is 2.16. The summed E-state index contributed by atoms with van der Waals surface area (Å²) >= 11 is 0. The second-order valence-corrected chi connectivity index (χ2v) is 3.14. The van der Waals surface area contributed by atoms with E-state index in [1.54, 1.807) is 18.3 Å². The van der Waals surface area contributed by atoms with E-state index in [0.717, 1.165) is 5.39 Å². The Labute approximate surface area is 91.1 Å². The molecule has 0 spiro atoms. The zero-order valence-corrected chi connectivity index (χ0v) is 8.20. The average Bonchev–Trinajstić information content (AvgIpc) is 2.26. The van der Waals surface area contributed by atoms with Gasteiger partial charge in [-0.15, -0.1) is 0 Å². The van der Waals surface area contributed by atoms with Crippen LogP contribution in [0.25, 0.3) is 10.9 Å². The number of nitrogens with two attached hydrogens (primary N) is 1. The minimum atomic E-state index is -0.786. The van der Waals surface area contributed by atoms with Crippen molar-refractivity contribution in [3.63, 3.8) is 0 Å². The zero-order valence-electron chi connectivity index (χ0n) is 8.20. The van der Waals surface area contributed by atoms with Crippen LogP contribution in [0.5, 0.6) is 0 Å². The predicted octanol–water partition coefficient (Wildman–Crippen LogP) is 1.21. The maximum absolute atomic E-state index is 13.5. The normalized spacial score (nSPS) is 9.56. The first kappa shape index (κ1) is 10.1. The van der Waals surface area contributed by atoms with E-state index in [2.05, 4.69) is 16.8 Å². The Morgan fingerprint density at radius 2 is 2.25 bits per heavy atom. The van der Waals surface area contributed by atoms with Gasteiger partial charge in [-0.2, -0.15) is 0 Å². The van der Waals surface area contributed by atoms with E-state index in [1.807, 2.05) is 0 Å². The largest absolute Gasteiger partial charge is 0.359 e. The number of carbonyl (C=O) groups is 1. The first-order chi connectivity index (χ1) is 7.66. The maximum atomic E-state index is 13.5. The van der Waals surface area contributed by atoms with E-state index in [9.17, 15) is 9.18 Å². The van der Waals surface area contributed by atoms with Gasteiger partial charge in [0.15, 0.2) is 0 Å². The molecule has 0 saturated heterocycles. The van der Waals surface area contributed by atoms with Gasteiger partial charge in [0.2, 0.25) is 0 Å². The van der Waals surface area contributed by atoms with Gasteiger partial charge in [-0.25, -0.2) is 4.39 Å². The SMILES string of the molecule is NC(=O)C#Cc1cc2cccnc2cc1F. The molecule has 0 saturated carbocycles. The Morgan fingerprint density at radius 1 is 1.44 bits per heavy atom. The van der Waals surface area contributed by atoms with Crippen molar-refractivity contribution >= 4 is 16.8 Å². The van der Waals surface area contributed by atoms with E-state index in [-0.39, 0.29) is 5.56 Å². The van der Waals surface area contributed by atoms with Crippen molar-refractivity contribution in [3.8, 4) is 11.8 Å². The number of pyridine rings is 1. The Balaban J connectivity index is 2.60. The molecule has 0 unspecified atom stereocenters. The van der Waals surface area contributed by atoms with Crippen LogP contribution in [0.2, 0.25) is 0 Å². The number of carbonyl (C=O) groups excluding carboxylic acids is 1. The van der Waals surface area contributed by atoms with Crippen molar-refractivity contribution in [1.29, 1.82) is 0 Å². The van der Waals surface area contributed by atoms with E-state index in [4.69, 9.17) is 5.73 Å². The minimum Gasteiger partial charge on any atom is -0.359 e. The molecule has 1 aromatic heterocycles. The van der Waals surface area contributed by atoms with Crippen LogP contribution >= 0.6 is 0 Å². The predicted molar refractivity (Wildman–Crippen MR) is 57.8 cm³/mol. The monoisotopic (exact) mass is 214 g/mol. The fraction of sp³-hybridized carbons (Fsp3) is 0. The number of primary amides is 1. The number of benzene rings is 1. The van der Waals surface area contributed by atoms with Gasteiger partial charge in [0.1, 0.15) is 5.82 Å². The summed E-state index contributed by atoms with van der Waals surface area (Å²) in [5.41, 5.74) is 5.54. The molecular formula is C12H7FN2O. The Kier molecular flexibility index (Phi) is 2.52. The molecule has 0 fully saturated rings. The number of rotatable bonds is 0. The number of hydrogen-bond acceptors (Lipinski definition) is 2. The minimum absolute atomic E-state index is 0.138. The molecule has 0 atom stereocenters. The summed E-state index contributed by atoms with van der Waals surface area (Å²) in [4.78, 5) is 14.5. The van der Waals surface area contributed by atoms with Crippen LogP contribution in [0.4, 0.5) is 4.39 Å². The van der Waals surface area contributed by atoms with Gasteiger partial charge in [-0.05, 0) is 12.1 Å². The van der Waals surface area contributed by atoms with Gasteiger partial charge < -0.3 is 5.73 Å². The summed E-state index contributed by atoms with van der Waals surface area (Å²) in [6.07, 6.45) is 1.58. The lowest BCUT2D eigenvalue weighted by Crippen LogP contribution is -2.06. The summed E-state index contributed by atoms with van der Waals surface area (Å²) in [6.45, 7) is 0. The number of amides is 1. The van der Waals surface area contributed by atoms with Crippen LogP contribution in [0.3, 0.4) is 0 Å². The van der Waals surface area contributed by atoms with Crippen LogP contribution in [0.15, 0.2) is 30.5 Å². The first-order valence-electron chi connectivity index (χ1n) is 4.52. The molecule has 4 heteroatoms. The molecule has 16 heavy (non-hydrogen) atoms. The fourth-order valence-corrected chi connectivity index (χ4v) is 1.32. The van der Waals surface area contributed by atoms with Crippen LogP contribution in [-0.4, -0.2) is 10.9 Å². The Bertz CT molecular complexity index is 626. The lowest BCUT2D eigenvalue weighted by atomic mass is 10.1. The smallest absolute Gasteiger partial charge is 0.293 e. The first-order valence-corrected chi connectivity index (χ1v) is 4.52. The van der Waals surface area contributed by atoms with Crippen LogP contribution in [-0.2, 0) is 4.79 Å². The highest BCUT2D eigenvalue weighted by molar-refractivity contribution is 5.92. The number of hydrogen-bond donors (Lipinski definition) is 1. The van der Waals surface area contributed by atoms with Gasteiger partial charge in [-0.1, -0.05) is 12.0 Å². The third-order valence-electron chi connectivity index (χ3n) is 2.01. The molecule has 1 amide bonds. The van der Waals surface area contributed by atoms with Crippen molar-refractivity contribution in [2.45, 2.75) is 0 Å². The number of nitrogens with zero attached hydrogens (tertiary/aromatic N) is 1. The van der Waals surface area contributed by atoms with Gasteiger partial charge in [0.05, 0.1) is 11.1 Å². The molecular weight excluding hydrogens is 207 g/mol. The van der Waals surface area contributed by atoms with Crippen LogP contribution in [0, 0.1) is 17.7 Å². The van der Waals surface area contributed by atoms with Crippen molar-refractivity contribution in [3.05, 3.63) is 41.8 Å². The second-order valence-electron chi connectivity index (χ2n) is 3.14. The fourth-order valence-electron chi connectivity index (χ4n) is 1.32. The van der Waals surface area contributed by atoms with Crippen molar-refractivity contribution in [1.82, 2.24) is 4.98 Å². The van der Waals surface area contributed by atoms with Crippen molar-refractivity contribution in [2.24, 2.45) is 5.73 Å². The van der Waals surface area contributed by atoms with Crippen LogP contribution < -0.4 is 5.73 Å². The third-order valence-corrected chi connectivity index (χ3v) is 2.01. The molecule has 1 aromatic carbocycles. The molecule has 3 nitrogen and oxygen atoms in total. The summed E-state index contributed by atoms with van der Waals surface area (Å²) in [5, 5.41) is 0.762. The van der Waals surface area contributed by atoms with Gasteiger partial charge in [-0.3, -0.25) is 9.78 Å². The molecule has 0 bridgehead atoms. The lowest BCUT2D eigenvalue weighted by Gasteiger charge is -1.98. The topological polar surface area (TPSA) is 56.0 Å². The second kappa shape index (κ2) is 3.99. The zero-order chi connectivity index (χ0) is 11.5. The van der Waals surface area contributed by atoms with E-state index < -0.39 is 11.7 Å². The summed E-state index contributed by atoms with van der Waals surface area (Å²) in [7, 11) is 0. The molecule has 0 aliphatic carbocycles.